The number of aromatic nitrogens is 3. The molecule has 3 heterocycles. The molecule has 0 radical (unpaired) electrons. The lowest BCUT2D eigenvalue weighted by Gasteiger charge is -2.31. The number of likely N-dealkylation sites (tertiary alicyclic amines) is 1. The van der Waals surface area contributed by atoms with Crippen LogP contribution in [0.5, 0.6) is 0 Å². The Hall–Kier alpha value is -1.97. The molecule has 7 nitrogen and oxygen atoms in total. The highest BCUT2D eigenvalue weighted by Crippen LogP contribution is 2.27. The van der Waals surface area contributed by atoms with Gasteiger partial charge in [0.15, 0.2) is 11.0 Å². The van der Waals surface area contributed by atoms with E-state index in [4.69, 9.17) is 4.74 Å². The van der Waals surface area contributed by atoms with Gasteiger partial charge in [-0.2, -0.15) is 0 Å². The third-order valence-electron chi connectivity index (χ3n) is 5.96. The van der Waals surface area contributed by atoms with Gasteiger partial charge in [0, 0.05) is 31.3 Å². The van der Waals surface area contributed by atoms with Crippen molar-refractivity contribution < 1.29 is 13.9 Å². The fraction of sp³-hybridized carbons (Fsp3) is 0.591. The molecule has 2 saturated heterocycles. The number of amides is 1. The topological polar surface area (TPSA) is 72.3 Å². The number of ether oxygens (including phenoxy) is 1. The number of hydrogen-bond donors (Lipinski definition) is 1. The molecular weight excluding hydrogens is 417 g/mol. The van der Waals surface area contributed by atoms with Crippen molar-refractivity contribution in [3.8, 4) is 11.4 Å². The summed E-state index contributed by atoms with van der Waals surface area (Å²) in [7, 11) is 0. The summed E-state index contributed by atoms with van der Waals surface area (Å²) in [6, 6.07) is 6.50. The van der Waals surface area contributed by atoms with Crippen molar-refractivity contribution in [3.05, 3.63) is 30.1 Å². The summed E-state index contributed by atoms with van der Waals surface area (Å²) < 4.78 is 21.2. The number of carbonyl (C=O) groups is 1. The van der Waals surface area contributed by atoms with Crippen LogP contribution in [0.25, 0.3) is 11.4 Å². The van der Waals surface area contributed by atoms with E-state index in [1.807, 2.05) is 4.57 Å². The predicted octanol–water partition coefficient (Wildman–Crippen LogP) is 2.96. The van der Waals surface area contributed by atoms with Crippen molar-refractivity contribution in [1.82, 2.24) is 25.0 Å². The Labute approximate surface area is 186 Å². The van der Waals surface area contributed by atoms with E-state index >= 15 is 0 Å². The van der Waals surface area contributed by atoms with Crippen molar-refractivity contribution in [2.45, 2.75) is 56.5 Å². The van der Waals surface area contributed by atoms with Crippen molar-refractivity contribution >= 4 is 17.7 Å². The van der Waals surface area contributed by atoms with Gasteiger partial charge in [-0.3, -0.25) is 9.36 Å². The zero-order valence-electron chi connectivity index (χ0n) is 17.9. The summed E-state index contributed by atoms with van der Waals surface area (Å²) in [6.07, 6.45) is 4.12. The third-order valence-corrected chi connectivity index (χ3v) is 6.93. The van der Waals surface area contributed by atoms with Crippen molar-refractivity contribution in [1.29, 1.82) is 0 Å². The van der Waals surface area contributed by atoms with Gasteiger partial charge in [0.25, 0.3) is 0 Å². The molecule has 1 atom stereocenters. The summed E-state index contributed by atoms with van der Waals surface area (Å²) >= 11 is 1.39. The fourth-order valence-corrected chi connectivity index (χ4v) is 4.92. The minimum atomic E-state index is -0.287. The maximum absolute atomic E-state index is 13.4. The van der Waals surface area contributed by atoms with Crippen LogP contribution in [0.15, 0.2) is 29.4 Å². The van der Waals surface area contributed by atoms with Gasteiger partial charge >= 0.3 is 0 Å². The number of nitrogens with one attached hydrogen (secondary N) is 1. The lowest BCUT2D eigenvalue weighted by Crippen LogP contribution is -2.45. The standard InChI is InChI=1S/C22H30FN5O2S/c1-2-27-11-9-18(10-12-27)24-20(29)15-31-22-26-25-21(16-5-7-17(23)8-6-16)28(22)14-19-4-3-13-30-19/h5-8,18-19H,2-4,9-15H2,1H3,(H,24,29). The SMILES string of the molecule is CCN1CCC(NC(=O)CSc2nnc(-c3ccc(F)cc3)n2CC2CCCO2)CC1. The Bertz CT molecular complexity index is 861. The summed E-state index contributed by atoms with van der Waals surface area (Å²) in [6.45, 7) is 6.69. The van der Waals surface area contributed by atoms with E-state index in [2.05, 4.69) is 27.3 Å². The molecule has 1 aromatic heterocycles. The van der Waals surface area contributed by atoms with Crippen LogP contribution in [0, 0.1) is 5.82 Å². The Morgan fingerprint density at radius 2 is 2.00 bits per heavy atom. The molecular formula is C22H30FN5O2S. The van der Waals surface area contributed by atoms with Crippen LogP contribution in [-0.2, 0) is 16.1 Å². The fourth-order valence-electron chi connectivity index (χ4n) is 4.16. The maximum atomic E-state index is 13.4. The van der Waals surface area contributed by atoms with Crippen LogP contribution in [0.2, 0.25) is 0 Å². The quantitative estimate of drug-likeness (QED) is 0.628. The molecule has 2 fully saturated rings. The molecule has 2 aromatic rings. The van der Waals surface area contributed by atoms with Crippen LogP contribution in [0.4, 0.5) is 4.39 Å². The number of halogens is 1. The first-order valence-electron chi connectivity index (χ1n) is 11.1. The summed E-state index contributed by atoms with van der Waals surface area (Å²) in [5.74, 6) is 0.700. The Morgan fingerprint density at radius 1 is 1.23 bits per heavy atom. The molecule has 2 aliphatic heterocycles. The second-order valence-corrected chi connectivity index (χ2v) is 9.07. The molecule has 0 bridgehead atoms. The predicted molar refractivity (Wildman–Crippen MR) is 118 cm³/mol. The van der Waals surface area contributed by atoms with Gasteiger partial charge in [0.1, 0.15) is 5.82 Å². The van der Waals surface area contributed by atoms with E-state index in [0.717, 1.165) is 57.5 Å². The first-order valence-corrected chi connectivity index (χ1v) is 12.1. The minimum absolute atomic E-state index is 0.0231. The van der Waals surface area contributed by atoms with E-state index in [1.54, 1.807) is 12.1 Å². The lowest BCUT2D eigenvalue weighted by atomic mass is 10.1. The molecule has 4 rings (SSSR count). The van der Waals surface area contributed by atoms with E-state index in [-0.39, 0.29) is 23.9 Å². The Morgan fingerprint density at radius 3 is 2.68 bits per heavy atom. The summed E-state index contributed by atoms with van der Waals surface area (Å²) in [4.78, 5) is 14.9. The monoisotopic (exact) mass is 447 g/mol. The Kier molecular flexibility index (Phi) is 7.58. The molecule has 168 valence electrons. The van der Waals surface area contributed by atoms with Gasteiger partial charge in [-0.25, -0.2) is 4.39 Å². The average molecular weight is 448 g/mol. The average Bonchev–Trinajstić information content (AvgIpc) is 3.44. The van der Waals surface area contributed by atoms with Gasteiger partial charge in [0.2, 0.25) is 5.91 Å². The smallest absolute Gasteiger partial charge is 0.230 e. The van der Waals surface area contributed by atoms with E-state index < -0.39 is 0 Å². The number of thioether (sulfide) groups is 1. The van der Waals surface area contributed by atoms with E-state index in [0.29, 0.717) is 23.3 Å². The molecule has 0 spiro atoms. The number of nitrogens with zero attached hydrogens (tertiary/aromatic N) is 4. The summed E-state index contributed by atoms with van der Waals surface area (Å²) in [5.41, 5.74) is 0.797. The molecule has 1 aromatic carbocycles. The third kappa shape index (κ3) is 5.84. The van der Waals surface area contributed by atoms with E-state index in [9.17, 15) is 9.18 Å². The lowest BCUT2D eigenvalue weighted by molar-refractivity contribution is -0.119. The maximum Gasteiger partial charge on any atom is 0.230 e. The highest BCUT2D eigenvalue weighted by atomic mass is 32.2. The second-order valence-electron chi connectivity index (χ2n) is 8.12. The van der Waals surface area contributed by atoms with E-state index in [1.165, 1.54) is 23.9 Å². The van der Waals surface area contributed by atoms with Crippen LogP contribution in [0.3, 0.4) is 0 Å². The van der Waals surface area contributed by atoms with Crippen molar-refractivity contribution in [3.63, 3.8) is 0 Å². The van der Waals surface area contributed by atoms with Crippen LogP contribution < -0.4 is 5.32 Å². The minimum Gasteiger partial charge on any atom is -0.376 e. The number of piperidine rings is 1. The van der Waals surface area contributed by atoms with Gasteiger partial charge in [-0.05, 0) is 56.5 Å². The number of benzene rings is 1. The molecule has 1 N–H and O–H groups in total. The van der Waals surface area contributed by atoms with Gasteiger partial charge in [-0.15, -0.1) is 10.2 Å². The van der Waals surface area contributed by atoms with Crippen LogP contribution in [0.1, 0.15) is 32.6 Å². The van der Waals surface area contributed by atoms with Gasteiger partial charge in [-0.1, -0.05) is 18.7 Å². The van der Waals surface area contributed by atoms with Crippen LogP contribution in [-0.4, -0.2) is 69.7 Å². The number of rotatable bonds is 8. The zero-order chi connectivity index (χ0) is 21.6. The largest absolute Gasteiger partial charge is 0.376 e. The molecule has 2 aliphatic rings. The van der Waals surface area contributed by atoms with Crippen LogP contribution >= 0.6 is 11.8 Å². The molecule has 9 heteroatoms. The van der Waals surface area contributed by atoms with Gasteiger partial charge < -0.3 is 15.0 Å². The first-order chi connectivity index (χ1) is 15.1. The van der Waals surface area contributed by atoms with Crippen molar-refractivity contribution in [2.75, 3.05) is 32.0 Å². The summed E-state index contributed by atoms with van der Waals surface area (Å²) in [5, 5.41) is 12.5. The zero-order valence-corrected chi connectivity index (χ0v) is 18.7. The van der Waals surface area contributed by atoms with Gasteiger partial charge in [0.05, 0.1) is 18.4 Å². The molecule has 0 aliphatic carbocycles. The molecule has 1 unspecified atom stereocenters. The molecule has 31 heavy (non-hydrogen) atoms. The highest BCUT2D eigenvalue weighted by molar-refractivity contribution is 7.99. The second kappa shape index (κ2) is 10.6. The van der Waals surface area contributed by atoms with Crippen molar-refractivity contribution in [2.24, 2.45) is 0 Å². The normalized spacial score (nSPS) is 20.3. The molecule has 0 saturated carbocycles. The first kappa shape index (κ1) is 22.2. The Balaban J connectivity index is 1.41. The number of carbonyl (C=O) groups excluding carboxylic acids is 1. The highest BCUT2D eigenvalue weighted by Gasteiger charge is 2.23. The number of hydrogen-bond acceptors (Lipinski definition) is 6. The molecule has 1 amide bonds.